The van der Waals surface area contributed by atoms with Gasteiger partial charge in [-0.05, 0) is 48.5 Å². The lowest BCUT2D eigenvalue weighted by Gasteiger charge is -2.11. The largest absolute Gasteiger partial charge is 0.422 e. The van der Waals surface area contributed by atoms with E-state index in [1.54, 1.807) is 24.3 Å². The molecule has 0 saturated heterocycles. The predicted molar refractivity (Wildman–Crippen MR) is 139 cm³/mol. The van der Waals surface area contributed by atoms with Gasteiger partial charge in [-0.25, -0.2) is 4.79 Å². The highest BCUT2D eigenvalue weighted by molar-refractivity contribution is 7.87. The maximum absolute atomic E-state index is 12.8. The molecule has 0 amide bonds. The quantitative estimate of drug-likeness (QED) is 0.142. The highest BCUT2D eigenvalue weighted by Crippen LogP contribution is 2.31. The fraction of sp³-hybridized carbons (Fsp3) is 0. The molecule has 37 heavy (non-hydrogen) atoms. The summed E-state index contributed by atoms with van der Waals surface area (Å²) in [6.07, 6.45) is 0. The molecule has 0 aliphatic rings. The summed E-state index contributed by atoms with van der Waals surface area (Å²) in [6, 6.07) is 19.8. The Morgan fingerprint density at radius 3 is 1.62 bits per heavy atom. The molecule has 0 spiro atoms. The number of fused-ring (bicyclic) bond motifs is 3. The van der Waals surface area contributed by atoms with Gasteiger partial charge in [0.05, 0.1) is 15.4 Å². The van der Waals surface area contributed by atoms with Gasteiger partial charge in [0.15, 0.2) is 11.5 Å². The number of hydrogen-bond acceptors (Lipinski definition) is 8. The summed E-state index contributed by atoms with van der Waals surface area (Å²) in [6.45, 7) is 0. The minimum atomic E-state index is -4.33. The summed E-state index contributed by atoms with van der Waals surface area (Å²) < 4.78 is 66.7. The molecule has 0 unspecified atom stereocenters. The molecule has 0 aliphatic carbocycles. The Bertz CT molecular complexity index is 1970. The predicted octanol–water partition coefficient (Wildman–Crippen LogP) is 5.79. The van der Waals surface area contributed by atoms with E-state index in [1.165, 1.54) is 48.5 Å². The Kier molecular flexibility index (Phi) is 6.36. The molecule has 0 atom stereocenters. The first-order chi connectivity index (χ1) is 17.5. The van der Waals surface area contributed by atoms with E-state index in [1.807, 2.05) is 0 Å². The van der Waals surface area contributed by atoms with Crippen molar-refractivity contribution in [3.63, 3.8) is 0 Å². The van der Waals surface area contributed by atoms with Crippen molar-refractivity contribution >= 4 is 65.2 Å². The lowest BCUT2D eigenvalue weighted by molar-refractivity contribution is 0.484. The molecule has 1 heterocycles. The van der Waals surface area contributed by atoms with Crippen LogP contribution < -0.4 is 14.0 Å². The van der Waals surface area contributed by atoms with Gasteiger partial charge in [0.2, 0.25) is 0 Å². The third kappa shape index (κ3) is 4.88. The Balaban J connectivity index is 1.55. The van der Waals surface area contributed by atoms with E-state index >= 15 is 0 Å². The van der Waals surface area contributed by atoms with Crippen molar-refractivity contribution in [2.75, 3.05) is 0 Å². The Labute approximate surface area is 220 Å². The molecule has 5 rings (SSSR count). The van der Waals surface area contributed by atoms with Crippen molar-refractivity contribution < 1.29 is 29.6 Å². The summed E-state index contributed by atoms with van der Waals surface area (Å²) in [7, 11) is -8.63. The zero-order valence-electron chi connectivity index (χ0n) is 18.4. The van der Waals surface area contributed by atoms with Crippen LogP contribution in [0.4, 0.5) is 0 Å². The molecule has 0 fully saturated rings. The summed E-state index contributed by atoms with van der Waals surface area (Å²) in [5.41, 5.74) is -0.914. The SMILES string of the molecule is O=c1oc2cc(S(=O)(=O)Oc3ccccc3Cl)ccc2c2ccc(S(=O)(=O)Oc3ccccc3Cl)cc12. The van der Waals surface area contributed by atoms with Gasteiger partial charge in [-0.3, -0.25) is 0 Å². The van der Waals surface area contributed by atoms with Crippen LogP contribution in [0.5, 0.6) is 11.5 Å². The molecular weight excluding hydrogens is 563 g/mol. The average Bonchev–Trinajstić information content (AvgIpc) is 2.86. The van der Waals surface area contributed by atoms with Gasteiger partial charge in [-0.2, -0.15) is 16.8 Å². The molecule has 0 aliphatic heterocycles. The fourth-order valence-corrected chi connectivity index (χ4v) is 5.94. The molecule has 0 N–H and O–H groups in total. The van der Waals surface area contributed by atoms with Crippen LogP contribution in [0.3, 0.4) is 0 Å². The minimum absolute atomic E-state index is 0.0377. The fourth-order valence-electron chi connectivity index (χ4n) is 3.56. The van der Waals surface area contributed by atoms with Crippen LogP contribution in [0.1, 0.15) is 0 Å². The van der Waals surface area contributed by atoms with E-state index in [-0.39, 0.29) is 42.3 Å². The highest BCUT2D eigenvalue weighted by atomic mass is 35.5. The van der Waals surface area contributed by atoms with Crippen molar-refractivity contribution in [1.82, 2.24) is 0 Å². The third-order valence-electron chi connectivity index (χ3n) is 5.31. The van der Waals surface area contributed by atoms with Crippen molar-refractivity contribution in [3.05, 3.63) is 105 Å². The van der Waals surface area contributed by atoms with Crippen LogP contribution >= 0.6 is 23.2 Å². The summed E-state index contributed by atoms with van der Waals surface area (Å²) >= 11 is 12.0. The number of rotatable bonds is 6. The molecule has 12 heteroatoms. The maximum atomic E-state index is 12.8. The topological polar surface area (TPSA) is 117 Å². The lowest BCUT2D eigenvalue weighted by atomic mass is 10.1. The second-order valence-electron chi connectivity index (χ2n) is 7.69. The molecule has 0 radical (unpaired) electrons. The molecule has 4 aromatic carbocycles. The third-order valence-corrected chi connectivity index (χ3v) is 8.39. The van der Waals surface area contributed by atoms with Gasteiger partial charge in [0.1, 0.15) is 15.4 Å². The van der Waals surface area contributed by atoms with E-state index in [9.17, 15) is 21.6 Å². The van der Waals surface area contributed by atoms with Crippen molar-refractivity contribution in [1.29, 1.82) is 0 Å². The minimum Gasteiger partial charge on any atom is -0.422 e. The zero-order chi connectivity index (χ0) is 26.4. The Morgan fingerprint density at radius 2 is 1.08 bits per heavy atom. The number of benzene rings is 4. The van der Waals surface area contributed by atoms with Gasteiger partial charge in [-0.15, -0.1) is 0 Å². The highest BCUT2D eigenvalue weighted by Gasteiger charge is 2.22. The first kappa shape index (κ1) is 25.1. The van der Waals surface area contributed by atoms with E-state index in [2.05, 4.69) is 0 Å². The van der Waals surface area contributed by atoms with Gasteiger partial charge >= 0.3 is 25.9 Å². The maximum Gasteiger partial charge on any atom is 0.344 e. The van der Waals surface area contributed by atoms with Crippen LogP contribution in [0.2, 0.25) is 10.0 Å². The summed E-state index contributed by atoms with van der Waals surface area (Å²) in [5.74, 6) is -0.125. The standard InChI is InChI=1S/C25H14Cl2O8S2/c26-20-5-1-3-7-22(20)34-36(29,30)15-9-11-17-18-12-10-16(14-24(18)33-25(28)19(17)13-15)37(31,32)35-23-8-4-2-6-21(23)27/h1-14H. The smallest absolute Gasteiger partial charge is 0.344 e. The van der Waals surface area contributed by atoms with Gasteiger partial charge < -0.3 is 12.8 Å². The van der Waals surface area contributed by atoms with E-state index < -0.39 is 25.9 Å². The van der Waals surface area contributed by atoms with Crippen LogP contribution in [0.15, 0.2) is 104 Å². The second-order valence-corrected chi connectivity index (χ2v) is 11.6. The summed E-state index contributed by atoms with van der Waals surface area (Å²) in [4.78, 5) is 12.2. The number of hydrogen-bond donors (Lipinski definition) is 0. The number of para-hydroxylation sites is 2. The normalized spacial score (nSPS) is 12.1. The zero-order valence-corrected chi connectivity index (χ0v) is 21.6. The Hall–Kier alpha value is -3.57. The first-order valence-corrected chi connectivity index (χ1v) is 14.0. The molecule has 0 bridgehead atoms. The molecule has 1 aromatic heterocycles. The summed E-state index contributed by atoms with van der Waals surface area (Å²) in [5, 5.41) is 0.885. The van der Waals surface area contributed by atoms with E-state index in [4.69, 9.17) is 36.0 Å². The van der Waals surface area contributed by atoms with Crippen molar-refractivity contribution in [2.45, 2.75) is 9.79 Å². The van der Waals surface area contributed by atoms with Crippen LogP contribution in [0, 0.1) is 0 Å². The molecule has 5 aromatic rings. The van der Waals surface area contributed by atoms with E-state index in [0.29, 0.717) is 10.8 Å². The Morgan fingerprint density at radius 1 is 0.595 bits per heavy atom. The van der Waals surface area contributed by atoms with E-state index in [0.717, 1.165) is 12.1 Å². The second kappa shape index (κ2) is 9.38. The molecule has 8 nitrogen and oxygen atoms in total. The van der Waals surface area contributed by atoms with Crippen molar-refractivity contribution in [3.8, 4) is 11.5 Å². The first-order valence-electron chi connectivity index (χ1n) is 10.4. The number of halogens is 2. The van der Waals surface area contributed by atoms with Crippen LogP contribution in [-0.2, 0) is 20.2 Å². The van der Waals surface area contributed by atoms with Gasteiger partial charge in [-0.1, -0.05) is 53.5 Å². The average molecular weight is 577 g/mol. The lowest BCUT2D eigenvalue weighted by Crippen LogP contribution is -2.11. The molecule has 188 valence electrons. The van der Waals surface area contributed by atoms with Crippen LogP contribution in [-0.4, -0.2) is 16.8 Å². The van der Waals surface area contributed by atoms with Gasteiger partial charge in [0.25, 0.3) is 0 Å². The monoisotopic (exact) mass is 576 g/mol. The molecular formula is C25H14Cl2O8S2. The van der Waals surface area contributed by atoms with Crippen molar-refractivity contribution in [2.24, 2.45) is 0 Å². The molecule has 0 saturated carbocycles. The van der Waals surface area contributed by atoms with Crippen LogP contribution in [0.25, 0.3) is 21.7 Å². The van der Waals surface area contributed by atoms with Gasteiger partial charge in [0, 0.05) is 16.8 Å².